The normalized spacial score (nSPS) is 16.0. The zero-order chi connectivity index (χ0) is 23.6. The second-order valence-electron chi connectivity index (χ2n) is 11.3. The van der Waals surface area contributed by atoms with Crippen LogP contribution in [0.1, 0.15) is 56.2 Å². The summed E-state index contributed by atoms with van der Waals surface area (Å²) < 4.78 is 14.9. The van der Waals surface area contributed by atoms with Gasteiger partial charge in [0.25, 0.3) is 0 Å². The largest absolute Gasteiger partial charge is 0.455 e. The maximum absolute atomic E-state index is 6.96. The fraction of sp³-hybridized carbons (Fsp3) is 0.387. The molecule has 3 heteroatoms. The van der Waals surface area contributed by atoms with Crippen LogP contribution in [0.4, 0.5) is 0 Å². The number of ether oxygens (including phenoxy) is 2. The fourth-order valence-electron chi connectivity index (χ4n) is 6.00. The minimum Gasteiger partial charge on any atom is -0.455 e. The zero-order valence-corrected chi connectivity index (χ0v) is 21.0. The van der Waals surface area contributed by atoms with Crippen molar-refractivity contribution in [2.75, 3.05) is 13.2 Å². The van der Waals surface area contributed by atoms with E-state index in [9.17, 15) is 0 Å². The lowest BCUT2D eigenvalue weighted by Crippen LogP contribution is -2.32. The molecule has 2 aliphatic heterocycles. The molecule has 0 atom stereocenters. The number of pyridine rings is 1. The van der Waals surface area contributed by atoms with Crippen LogP contribution in [-0.4, -0.2) is 13.2 Å². The van der Waals surface area contributed by atoms with E-state index in [0.29, 0.717) is 5.92 Å². The van der Waals surface area contributed by atoms with Gasteiger partial charge in [-0.2, -0.15) is 0 Å². The number of nitrogens with zero attached hydrogens (tertiary/aromatic N) is 1. The first-order valence-electron chi connectivity index (χ1n) is 12.6. The van der Waals surface area contributed by atoms with E-state index in [1.54, 1.807) is 0 Å². The third-order valence-corrected chi connectivity index (χ3v) is 7.60. The Morgan fingerprint density at radius 3 is 2.47 bits per heavy atom. The van der Waals surface area contributed by atoms with Crippen LogP contribution in [0.25, 0.3) is 32.8 Å². The summed E-state index contributed by atoms with van der Waals surface area (Å²) in [5, 5.41) is 5.13. The van der Waals surface area contributed by atoms with Gasteiger partial charge in [0.2, 0.25) is 5.69 Å². The summed E-state index contributed by atoms with van der Waals surface area (Å²) in [5.41, 5.74) is 6.66. The van der Waals surface area contributed by atoms with Crippen LogP contribution in [-0.2, 0) is 18.2 Å². The molecule has 0 radical (unpaired) electrons. The molecule has 174 valence electrons. The molecule has 6 rings (SSSR count). The summed E-state index contributed by atoms with van der Waals surface area (Å²) >= 11 is 0. The van der Waals surface area contributed by atoms with Gasteiger partial charge in [-0.3, -0.25) is 0 Å². The molecule has 4 aromatic rings. The molecule has 3 heterocycles. The Morgan fingerprint density at radius 2 is 1.74 bits per heavy atom. The van der Waals surface area contributed by atoms with Crippen molar-refractivity contribution in [3.05, 3.63) is 65.4 Å². The molecule has 0 bridgehead atoms. The van der Waals surface area contributed by atoms with Crippen LogP contribution in [0.2, 0.25) is 0 Å². The summed E-state index contributed by atoms with van der Waals surface area (Å²) in [6, 6.07) is 15.8. The zero-order valence-electron chi connectivity index (χ0n) is 21.0. The maximum atomic E-state index is 6.96. The first-order valence-corrected chi connectivity index (χ1v) is 12.6. The average molecular weight is 453 g/mol. The number of aryl methyl sites for hydroxylation is 2. The van der Waals surface area contributed by atoms with Crippen LogP contribution in [0.5, 0.6) is 11.5 Å². The third kappa shape index (κ3) is 3.41. The first kappa shape index (κ1) is 21.6. The van der Waals surface area contributed by atoms with E-state index in [4.69, 9.17) is 9.47 Å². The molecule has 34 heavy (non-hydrogen) atoms. The highest BCUT2D eigenvalue weighted by molar-refractivity contribution is 6.06. The number of fused-ring (bicyclic) bond motifs is 3. The molecule has 1 fully saturated rings. The third-order valence-electron chi connectivity index (χ3n) is 7.60. The maximum Gasteiger partial charge on any atom is 0.228 e. The highest BCUT2D eigenvalue weighted by Gasteiger charge is 2.34. The van der Waals surface area contributed by atoms with Gasteiger partial charge in [-0.05, 0) is 70.9 Å². The Bertz CT molecular complexity index is 1440. The standard InChI is InChI=1S/C31H34NO2/c1-19-23-8-6-7-9-24(23)25(18-31(2,3)4)30-27(19)29-28-21(10-13-32(29)5)16-22(17-26(28)34-30)20-11-14-33-15-12-20/h6-10,13,16-17,20H,11-12,14-15,18H2,1-5H3/q+1. The SMILES string of the molecule is Cc1c2c(c(CC(C)(C)C)c3ccccc13)Oc1cc(C3CCOCC3)cc3cc[n+](C)c-2c13. The van der Waals surface area contributed by atoms with Crippen molar-refractivity contribution in [1.29, 1.82) is 0 Å². The van der Waals surface area contributed by atoms with E-state index in [-0.39, 0.29) is 5.41 Å². The predicted molar refractivity (Wildman–Crippen MR) is 139 cm³/mol. The Balaban J connectivity index is 1.68. The Kier molecular flexibility index (Phi) is 4.97. The second kappa shape index (κ2) is 7.81. The summed E-state index contributed by atoms with van der Waals surface area (Å²) in [5.74, 6) is 2.58. The van der Waals surface area contributed by atoms with Gasteiger partial charge in [0.15, 0.2) is 6.20 Å². The topological polar surface area (TPSA) is 22.3 Å². The van der Waals surface area contributed by atoms with Crippen molar-refractivity contribution in [1.82, 2.24) is 0 Å². The van der Waals surface area contributed by atoms with Crippen molar-refractivity contribution in [3.8, 4) is 22.8 Å². The molecule has 3 nitrogen and oxygen atoms in total. The monoisotopic (exact) mass is 452 g/mol. The van der Waals surface area contributed by atoms with Crippen LogP contribution in [0.15, 0.2) is 48.7 Å². The van der Waals surface area contributed by atoms with Gasteiger partial charge < -0.3 is 9.47 Å². The van der Waals surface area contributed by atoms with Gasteiger partial charge in [0.1, 0.15) is 18.5 Å². The van der Waals surface area contributed by atoms with Crippen molar-refractivity contribution < 1.29 is 14.0 Å². The predicted octanol–water partition coefficient (Wildman–Crippen LogP) is 7.38. The number of hydrogen-bond acceptors (Lipinski definition) is 2. The van der Waals surface area contributed by atoms with E-state index in [1.807, 2.05) is 0 Å². The van der Waals surface area contributed by atoms with E-state index in [2.05, 4.69) is 88.0 Å². The highest BCUT2D eigenvalue weighted by atomic mass is 16.5. The smallest absolute Gasteiger partial charge is 0.228 e. The number of aromatic nitrogens is 1. The number of benzene rings is 3. The van der Waals surface area contributed by atoms with Crippen molar-refractivity contribution in [2.45, 2.75) is 52.9 Å². The Morgan fingerprint density at radius 1 is 1.00 bits per heavy atom. The summed E-state index contributed by atoms with van der Waals surface area (Å²) in [6.07, 6.45) is 5.33. The molecule has 0 aliphatic carbocycles. The van der Waals surface area contributed by atoms with Crippen molar-refractivity contribution >= 4 is 21.5 Å². The van der Waals surface area contributed by atoms with Crippen molar-refractivity contribution in [2.24, 2.45) is 12.5 Å². The summed E-state index contributed by atoms with van der Waals surface area (Å²) in [4.78, 5) is 0. The lowest BCUT2D eigenvalue weighted by molar-refractivity contribution is -0.659. The van der Waals surface area contributed by atoms with E-state index < -0.39 is 0 Å². The van der Waals surface area contributed by atoms with Gasteiger partial charge >= 0.3 is 0 Å². The number of rotatable bonds is 2. The minimum atomic E-state index is 0.146. The lowest BCUT2D eigenvalue weighted by Gasteiger charge is -2.29. The summed E-state index contributed by atoms with van der Waals surface area (Å²) in [7, 11) is 2.16. The minimum absolute atomic E-state index is 0.146. The Labute approximate surface area is 202 Å². The molecule has 0 spiro atoms. The Hall–Kier alpha value is -2.91. The molecular weight excluding hydrogens is 418 g/mol. The van der Waals surface area contributed by atoms with E-state index in [0.717, 1.165) is 44.0 Å². The molecule has 1 saturated heterocycles. The van der Waals surface area contributed by atoms with Gasteiger partial charge in [-0.25, -0.2) is 4.57 Å². The number of hydrogen-bond donors (Lipinski definition) is 0. The van der Waals surface area contributed by atoms with Crippen molar-refractivity contribution in [3.63, 3.8) is 0 Å². The second-order valence-corrected chi connectivity index (χ2v) is 11.3. The van der Waals surface area contributed by atoms with Gasteiger partial charge in [0.05, 0.1) is 10.9 Å². The van der Waals surface area contributed by atoms with E-state index in [1.165, 1.54) is 49.5 Å². The van der Waals surface area contributed by atoms with Crippen LogP contribution < -0.4 is 9.30 Å². The quantitative estimate of drug-likeness (QED) is 0.261. The van der Waals surface area contributed by atoms with Gasteiger partial charge in [-0.15, -0.1) is 0 Å². The van der Waals surface area contributed by atoms with Crippen LogP contribution in [0.3, 0.4) is 0 Å². The lowest BCUT2D eigenvalue weighted by atomic mass is 9.81. The first-order chi connectivity index (χ1) is 16.3. The molecule has 3 aromatic carbocycles. The van der Waals surface area contributed by atoms with Gasteiger partial charge in [0, 0.05) is 24.8 Å². The molecule has 0 saturated carbocycles. The van der Waals surface area contributed by atoms with Crippen LogP contribution in [0, 0.1) is 12.3 Å². The van der Waals surface area contributed by atoms with Gasteiger partial charge in [-0.1, -0.05) is 51.1 Å². The van der Waals surface area contributed by atoms with Crippen LogP contribution >= 0.6 is 0 Å². The molecular formula is C31H34NO2+. The van der Waals surface area contributed by atoms with E-state index >= 15 is 0 Å². The molecule has 0 N–H and O–H groups in total. The molecule has 0 unspecified atom stereocenters. The molecule has 2 aliphatic rings. The molecule has 0 amide bonds. The fourth-order valence-corrected chi connectivity index (χ4v) is 6.00. The molecule has 1 aromatic heterocycles. The average Bonchev–Trinajstić information content (AvgIpc) is 2.83. The summed E-state index contributed by atoms with van der Waals surface area (Å²) in [6.45, 7) is 10.9. The highest BCUT2D eigenvalue weighted by Crippen LogP contribution is 2.52.